The van der Waals surface area contributed by atoms with Crippen LogP contribution in [0.1, 0.15) is 39.5 Å². The molecular formula is C12H24N2. The fraction of sp³-hybridized carbons (Fsp3) is 1.00. The van der Waals surface area contributed by atoms with E-state index in [1.54, 1.807) is 0 Å². The van der Waals surface area contributed by atoms with E-state index in [-0.39, 0.29) is 0 Å². The molecule has 4 atom stereocenters. The zero-order valence-corrected chi connectivity index (χ0v) is 9.55. The molecule has 0 aliphatic carbocycles. The standard InChI is InChI=1S/C12H24N2/c1-9(11-5-3-7-13-11)10(2)12-6-4-8-14-12/h9-14H,3-8H2,1-2H3/t9-,10-,11-,12+/m0/s1. The van der Waals surface area contributed by atoms with Gasteiger partial charge in [-0.2, -0.15) is 0 Å². The van der Waals surface area contributed by atoms with E-state index >= 15 is 0 Å². The van der Waals surface area contributed by atoms with E-state index in [1.807, 2.05) is 0 Å². The number of hydrogen-bond acceptors (Lipinski definition) is 2. The van der Waals surface area contributed by atoms with Gasteiger partial charge in [-0.25, -0.2) is 0 Å². The molecule has 0 aromatic rings. The highest BCUT2D eigenvalue weighted by molar-refractivity contribution is 4.88. The quantitative estimate of drug-likeness (QED) is 0.719. The van der Waals surface area contributed by atoms with Crippen molar-refractivity contribution in [2.24, 2.45) is 11.8 Å². The number of hydrogen-bond donors (Lipinski definition) is 2. The van der Waals surface area contributed by atoms with Crippen LogP contribution >= 0.6 is 0 Å². The Hall–Kier alpha value is -0.0800. The molecule has 2 aliphatic rings. The summed E-state index contributed by atoms with van der Waals surface area (Å²) in [5.74, 6) is 1.65. The van der Waals surface area contributed by atoms with Gasteiger partial charge < -0.3 is 10.6 Å². The highest BCUT2D eigenvalue weighted by atomic mass is 15.0. The Kier molecular flexibility index (Phi) is 3.45. The lowest BCUT2D eigenvalue weighted by molar-refractivity contribution is 0.252. The normalized spacial score (nSPS) is 37.3. The summed E-state index contributed by atoms with van der Waals surface area (Å²) in [6.07, 6.45) is 5.52. The minimum absolute atomic E-state index is 0.785. The van der Waals surface area contributed by atoms with Crippen LogP contribution in [0, 0.1) is 11.8 Å². The summed E-state index contributed by atoms with van der Waals surface area (Å²) in [4.78, 5) is 0. The Morgan fingerprint density at radius 3 is 1.57 bits per heavy atom. The monoisotopic (exact) mass is 196 g/mol. The van der Waals surface area contributed by atoms with Crippen LogP contribution in [-0.2, 0) is 0 Å². The maximum atomic E-state index is 3.63. The van der Waals surface area contributed by atoms with Crippen molar-refractivity contribution in [3.8, 4) is 0 Å². The largest absolute Gasteiger partial charge is 0.314 e. The molecule has 2 nitrogen and oxygen atoms in total. The van der Waals surface area contributed by atoms with Crippen molar-refractivity contribution in [3.63, 3.8) is 0 Å². The second kappa shape index (κ2) is 4.63. The van der Waals surface area contributed by atoms with Crippen LogP contribution in [0.3, 0.4) is 0 Å². The molecule has 2 heteroatoms. The second-order valence-corrected chi connectivity index (χ2v) is 5.12. The van der Waals surface area contributed by atoms with Crippen molar-refractivity contribution in [1.82, 2.24) is 10.6 Å². The summed E-state index contributed by atoms with van der Waals surface area (Å²) in [7, 11) is 0. The van der Waals surface area contributed by atoms with Gasteiger partial charge in [-0.15, -0.1) is 0 Å². The Labute approximate surface area is 87.8 Å². The fourth-order valence-electron chi connectivity index (χ4n) is 3.05. The summed E-state index contributed by atoms with van der Waals surface area (Å²) in [6.45, 7) is 7.32. The van der Waals surface area contributed by atoms with Crippen LogP contribution < -0.4 is 10.6 Å². The van der Waals surface area contributed by atoms with Gasteiger partial charge in [0.1, 0.15) is 0 Å². The summed E-state index contributed by atoms with van der Waals surface area (Å²) in [5.41, 5.74) is 0. The number of nitrogens with one attached hydrogen (secondary N) is 2. The van der Waals surface area contributed by atoms with Crippen LogP contribution in [0.25, 0.3) is 0 Å². The molecule has 0 amide bonds. The molecule has 2 saturated heterocycles. The zero-order valence-electron chi connectivity index (χ0n) is 9.55. The molecular weight excluding hydrogens is 172 g/mol. The molecule has 0 unspecified atom stereocenters. The van der Waals surface area contributed by atoms with Crippen LogP contribution in [0.2, 0.25) is 0 Å². The SMILES string of the molecule is C[C@@H]([C@H](C)[C@H]1CCCN1)[C@@H]1CCCN1. The van der Waals surface area contributed by atoms with E-state index in [1.165, 1.54) is 38.8 Å². The van der Waals surface area contributed by atoms with E-state index in [4.69, 9.17) is 0 Å². The smallest absolute Gasteiger partial charge is 0.00962 e. The first-order valence-corrected chi connectivity index (χ1v) is 6.26. The third-order valence-corrected chi connectivity index (χ3v) is 4.30. The molecule has 2 fully saturated rings. The average molecular weight is 196 g/mol. The molecule has 2 N–H and O–H groups in total. The molecule has 0 radical (unpaired) electrons. The average Bonchev–Trinajstić information content (AvgIpc) is 2.87. The van der Waals surface area contributed by atoms with Crippen molar-refractivity contribution in [3.05, 3.63) is 0 Å². The highest BCUT2D eigenvalue weighted by Gasteiger charge is 2.31. The minimum atomic E-state index is 0.785. The Bertz CT molecular complexity index is 149. The summed E-state index contributed by atoms with van der Waals surface area (Å²) < 4.78 is 0. The van der Waals surface area contributed by atoms with E-state index in [0.29, 0.717) is 0 Å². The zero-order chi connectivity index (χ0) is 9.97. The third-order valence-electron chi connectivity index (χ3n) is 4.30. The molecule has 2 heterocycles. The van der Waals surface area contributed by atoms with Crippen molar-refractivity contribution < 1.29 is 0 Å². The Morgan fingerprint density at radius 2 is 1.29 bits per heavy atom. The molecule has 0 aromatic carbocycles. The van der Waals surface area contributed by atoms with Gasteiger partial charge in [0.15, 0.2) is 0 Å². The molecule has 2 aliphatic heterocycles. The van der Waals surface area contributed by atoms with Crippen LogP contribution in [0.4, 0.5) is 0 Å². The Balaban J connectivity index is 1.85. The lowest BCUT2D eigenvalue weighted by Gasteiger charge is -2.30. The summed E-state index contributed by atoms with van der Waals surface area (Å²) in [5, 5.41) is 7.27. The van der Waals surface area contributed by atoms with E-state index in [0.717, 1.165) is 23.9 Å². The van der Waals surface area contributed by atoms with E-state index < -0.39 is 0 Å². The third kappa shape index (κ3) is 2.12. The van der Waals surface area contributed by atoms with Crippen LogP contribution in [0.5, 0.6) is 0 Å². The lowest BCUT2D eigenvalue weighted by Crippen LogP contribution is -2.40. The van der Waals surface area contributed by atoms with Gasteiger partial charge in [0.2, 0.25) is 0 Å². The maximum absolute atomic E-state index is 3.63. The van der Waals surface area contributed by atoms with Gasteiger partial charge in [0.25, 0.3) is 0 Å². The van der Waals surface area contributed by atoms with Crippen molar-refractivity contribution in [2.45, 2.75) is 51.6 Å². The first-order chi connectivity index (χ1) is 6.79. The van der Waals surface area contributed by atoms with Crippen molar-refractivity contribution in [1.29, 1.82) is 0 Å². The van der Waals surface area contributed by atoms with Gasteiger partial charge in [-0.05, 0) is 50.6 Å². The first-order valence-electron chi connectivity index (χ1n) is 6.26. The van der Waals surface area contributed by atoms with Crippen molar-refractivity contribution in [2.75, 3.05) is 13.1 Å². The second-order valence-electron chi connectivity index (χ2n) is 5.12. The lowest BCUT2D eigenvalue weighted by atomic mass is 9.82. The van der Waals surface area contributed by atoms with Gasteiger partial charge in [-0.1, -0.05) is 13.8 Å². The summed E-state index contributed by atoms with van der Waals surface area (Å²) in [6, 6.07) is 1.57. The summed E-state index contributed by atoms with van der Waals surface area (Å²) >= 11 is 0. The van der Waals surface area contributed by atoms with E-state index in [9.17, 15) is 0 Å². The predicted octanol–water partition coefficient (Wildman–Crippen LogP) is 1.76. The van der Waals surface area contributed by atoms with Gasteiger partial charge in [0, 0.05) is 12.1 Å². The molecule has 82 valence electrons. The Morgan fingerprint density at radius 1 is 0.857 bits per heavy atom. The number of rotatable bonds is 3. The van der Waals surface area contributed by atoms with Gasteiger partial charge in [-0.3, -0.25) is 0 Å². The molecule has 2 rings (SSSR count). The van der Waals surface area contributed by atoms with E-state index in [2.05, 4.69) is 24.5 Å². The topological polar surface area (TPSA) is 24.1 Å². The fourth-order valence-corrected chi connectivity index (χ4v) is 3.05. The molecule has 14 heavy (non-hydrogen) atoms. The minimum Gasteiger partial charge on any atom is -0.314 e. The molecule has 0 aromatic heterocycles. The van der Waals surface area contributed by atoms with Crippen LogP contribution in [0.15, 0.2) is 0 Å². The van der Waals surface area contributed by atoms with Crippen LogP contribution in [-0.4, -0.2) is 25.2 Å². The van der Waals surface area contributed by atoms with Crippen molar-refractivity contribution >= 4 is 0 Å². The van der Waals surface area contributed by atoms with Gasteiger partial charge >= 0.3 is 0 Å². The van der Waals surface area contributed by atoms with Gasteiger partial charge in [0.05, 0.1) is 0 Å². The maximum Gasteiger partial charge on any atom is 0.00962 e. The molecule has 0 saturated carbocycles. The first kappa shape index (κ1) is 10.4. The predicted molar refractivity (Wildman–Crippen MR) is 60.4 cm³/mol. The highest BCUT2D eigenvalue weighted by Crippen LogP contribution is 2.27. The molecule has 0 spiro atoms. The molecule has 0 bridgehead atoms.